The highest BCUT2D eigenvalue weighted by atomic mass is 15.1. The van der Waals surface area contributed by atoms with E-state index in [1.165, 1.54) is 30.5 Å². The van der Waals surface area contributed by atoms with Crippen LogP contribution in [0.3, 0.4) is 0 Å². The second-order valence-corrected chi connectivity index (χ2v) is 4.60. The van der Waals surface area contributed by atoms with Gasteiger partial charge in [-0.15, -0.1) is 0 Å². The molecule has 0 bridgehead atoms. The molecule has 3 heteroatoms. The Balaban J connectivity index is 2.36. The van der Waals surface area contributed by atoms with Crippen LogP contribution in [0.25, 0.3) is 0 Å². The third kappa shape index (κ3) is 2.19. The Morgan fingerprint density at radius 3 is 2.56 bits per heavy atom. The van der Waals surface area contributed by atoms with Gasteiger partial charge >= 0.3 is 0 Å². The van der Waals surface area contributed by atoms with E-state index < -0.39 is 0 Å². The summed E-state index contributed by atoms with van der Waals surface area (Å²) in [6, 6.07) is 2.18. The molecule has 88 valence electrons. The summed E-state index contributed by atoms with van der Waals surface area (Å²) in [7, 11) is 0. The highest BCUT2D eigenvalue weighted by molar-refractivity contribution is 5.56. The lowest BCUT2D eigenvalue weighted by molar-refractivity contribution is 0.575. The summed E-state index contributed by atoms with van der Waals surface area (Å²) < 4.78 is 0. The van der Waals surface area contributed by atoms with E-state index >= 15 is 0 Å². The molecule has 2 heterocycles. The number of nitrogens with zero attached hydrogens (tertiary/aromatic N) is 2. The Morgan fingerprint density at radius 1 is 1.25 bits per heavy atom. The Hall–Kier alpha value is -1.09. The van der Waals surface area contributed by atoms with E-state index in [4.69, 9.17) is 5.73 Å². The number of nitrogens with two attached hydrogens (primary N) is 1. The van der Waals surface area contributed by atoms with Crippen molar-refractivity contribution in [3.8, 4) is 0 Å². The van der Waals surface area contributed by atoms with Crippen molar-refractivity contribution >= 4 is 5.69 Å². The average Bonchev–Trinajstić information content (AvgIpc) is 2.29. The maximum absolute atomic E-state index is 5.84. The Bertz CT molecular complexity index is 368. The molecular formula is C13H21N3. The summed E-state index contributed by atoms with van der Waals surface area (Å²) in [5.74, 6) is 0. The first-order chi connectivity index (χ1) is 7.72. The molecule has 2 rings (SSSR count). The maximum Gasteiger partial charge on any atom is 0.0448 e. The lowest BCUT2D eigenvalue weighted by Crippen LogP contribution is -2.31. The van der Waals surface area contributed by atoms with Crippen LogP contribution < -0.4 is 10.6 Å². The summed E-state index contributed by atoms with van der Waals surface area (Å²) in [6.45, 7) is 7.03. The van der Waals surface area contributed by atoms with Gasteiger partial charge in [0, 0.05) is 42.3 Å². The predicted molar refractivity (Wildman–Crippen MR) is 67.7 cm³/mol. The zero-order valence-electron chi connectivity index (χ0n) is 10.3. The molecule has 0 atom stereocenters. The number of hydrogen-bond donors (Lipinski definition) is 1. The summed E-state index contributed by atoms with van der Waals surface area (Å²) in [4.78, 5) is 6.96. The van der Waals surface area contributed by atoms with Gasteiger partial charge in [0.25, 0.3) is 0 Å². The number of hydrogen-bond acceptors (Lipinski definition) is 3. The van der Waals surface area contributed by atoms with Gasteiger partial charge in [-0.25, -0.2) is 0 Å². The van der Waals surface area contributed by atoms with E-state index in [1.807, 2.05) is 0 Å². The van der Waals surface area contributed by atoms with Crippen LogP contribution in [-0.4, -0.2) is 18.1 Å². The monoisotopic (exact) mass is 219 g/mol. The lowest BCUT2D eigenvalue weighted by Gasteiger charge is -2.31. The molecule has 0 aromatic carbocycles. The fraction of sp³-hybridized carbons (Fsp3) is 0.615. The van der Waals surface area contributed by atoms with E-state index in [0.717, 1.165) is 24.5 Å². The molecule has 0 radical (unpaired) electrons. The van der Waals surface area contributed by atoms with Crippen LogP contribution in [0, 0.1) is 13.8 Å². The molecule has 1 aromatic heterocycles. The molecule has 3 nitrogen and oxygen atoms in total. The van der Waals surface area contributed by atoms with Crippen molar-refractivity contribution in [1.29, 1.82) is 0 Å². The molecule has 1 aliphatic heterocycles. The van der Waals surface area contributed by atoms with E-state index in [2.05, 4.69) is 29.8 Å². The van der Waals surface area contributed by atoms with Crippen molar-refractivity contribution in [1.82, 2.24) is 4.98 Å². The van der Waals surface area contributed by atoms with Gasteiger partial charge in [-0.2, -0.15) is 0 Å². The predicted octanol–water partition coefficient (Wildman–Crippen LogP) is 2.15. The van der Waals surface area contributed by atoms with Crippen molar-refractivity contribution in [2.75, 3.05) is 18.0 Å². The topological polar surface area (TPSA) is 42.1 Å². The number of piperidine rings is 1. The van der Waals surface area contributed by atoms with Crippen LogP contribution in [0.4, 0.5) is 5.69 Å². The summed E-state index contributed by atoms with van der Waals surface area (Å²) in [5, 5.41) is 0. The molecule has 1 aliphatic rings. The van der Waals surface area contributed by atoms with Crippen LogP contribution in [0.2, 0.25) is 0 Å². The first kappa shape index (κ1) is 11.4. The summed E-state index contributed by atoms with van der Waals surface area (Å²) >= 11 is 0. The van der Waals surface area contributed by atoms with Gasteiger partial charge < -0.3 is 10.6 Å². The standard InChI is InChI=1S/C13H21N3/c1-10-8-13(12(9-14)11(2)15-10)16-6-4-3-5-7-16/h8H,3-7,9,14H2,1-2H3. The number of aromatic nitrogens is 1. The second kappa shape index (κ2) is 4.83. The molecule has 2 N–H and O–H groups in total. The third-order valence-corrected chi connectivity index (χ3v) is 3.34. The van der Waals surface area contributed by atoms with Crippen LogP contribution in [0.5, 0.6) is 0 Å². The molecule has 0 aliphatic carbocycles. The van der Waals surface area contributed by atoms with Crippen LogP contribution >= 0.6 is 0 Å². The van der Waals surface area contributed by atoms with E-state index in [1.54, 1.807) is 0 Å². The highest BCUT2D eigenvalue weighted by Crippen LogP contribution is 2.26. The van der Waals surface area contributed by atoms with Gasteiger partial charge in [-0.3, -0.25) is 4.98 Å². The van der Waals surface area contributed by atoms with E-state index in [-0.39, 0.29) is 0 Å². The minimum atomic E-state index is 0.588. The SMILES string of the molecule is Cc1cc(N2CCCCC2)c(CN)c(C)n1. The van der Waals surface area contributed by atoms with Crippen molar-refractivity contribution in [3.63, 3.8) is 0 Å². The number of anilines is 1. The van der Waals surface area contributed by atoms with Crippen molar-refractivity contribution < 1.29 is 0 Å². The largest absolute Gasteiger partial charge is 0.371 e. The Morgan fingerprint density at radius 2 is 1.94 bits per heavy atom. The van der Waals surface area contributed by atoms with Gasteiger partial charge in [0.2, 0.25) is 0 Å². The maximum atomic E-state index is 5.84. The summed E-state index contributed by atoms with van der Waals surface area (Å²) in [5.41, 5.74) is 10.5. The van der Waals surface area contributed by atoms with Gasteiger partial charge in [0.15, 0.2) is 0 Å². The van der Waals surface area contributed by atoms with Crippen molar-refractivity contribution in [2.24, 2.45) is 5.73 Å². The lowest BCUT2D eigenvalue weighted by atomic mass is 10.1. The normalized spacial score (nSPS) is 16.6. The zero-order valence-corrected chi connectivity index (χ0v) is 10.3. The minimum absolute atomic E-state index is 0.588. The molecule has 0 saturated carbocycles. The molecule has 0 spiro atoms. The number of rotatable bonds is 2. The third-order valence-electron chi connectivity index (χ3n) is 3.34. The molecular weight excluding hydrogens is 198 g/mol. The number of pyridine rings is 1. The van der Waals surface area contributed by atoms with Gasteiger partial charge in [-0.1, -0.05) is 0 Å². The molecule has 1 fully saturated rings. The Labute approximate surface area is 97.7 Å². The molecule has 0 amide bonds. The van der Waals surface area contributed by atoms with Crippen molar-refractivity contribution in [2.45, 2.75) is 39.7 Å². The van der Waals surface area contributed by atoms with Gasteiger partial charge in [0.05, 0.1) is 0 Å². The first-order valence-corrected chi connectivity index (χ1v) is 6.14. The van der Waals surface area contributed by atoms with Gasteiger partial charge in [-0.05, 0) is 39.2 Å². The first-order valence-electron chi connectivity index (χ1n) is 6.14. The quantitative estimate of drug-likeness (QED) is 0.828. The minimum Gasteiger partial charge on any atom is -0.371 e. The zero-order chi connectivity index (χ0) is 11.5. The fourth-order valence-electron chi connectivity index (χ4n) is 2.50. The molecule has 16 heavy (non-hydrogen) atoms. The molecule has 1 saturated heterocycles. The van der Waals surface area contributed by atoms with Crippen LogP contribution in [0.15, 0.2) is 6.07 Å². The summed E-state index contributed by atoms with van der Waals surface area (Å²) in [6.07, 6.45) is 3.95. The Kier molecular flexibility index (Phi) is 3.44. The van der Waals surface area contributed by atoms with Crippen molar-refractivity contribution in [3.05, 3.63) is 23.0 Å². The van der Waals surface area contributed by atoms with E-state index in [0.29, 0.717) is 6.54 Å². The average molecular weight is 219 g/mol. The van der Waals surface area contributed by atoms with Gasteiger partial charge in [0.1, 0.15) is 0 Å². The van der Waals surface area contributed by atoms with Crippen LogP contribution in [-0.2, 0) is 6.54 Å². The number of aryl methyl sites for hydroxylation is 2. The van der Waals surface area contributed by atoms with Crippen LogP contribution in [0.1, 0.15) is 36.2 Å². The smallest absolute Gasteiger partial charge is 0.0448 e. The second-order valence-electron chi connectivity index (χ2n) is 4.60. The van der Waals surface area contributed by atoms with E-state index in [9.17, 15) is 0 Å². The molecule has 1 aromatic rings. The molecule has 0 unspecified atom stereocenters. The fourth-order valence-corrected chi connectivity index (χ4v) is 2.50. The highest BCUT2D eigenvalue weighted by Gasteiger charge is 2.16.